The molecule has 1 fully saturated rings. The fraction of sp³-hybridized carbons (Fsp3) is 0.588. The Morgan fingerprint density at radius 3 is 2.32 bits per heavy atom. The van der Waals surface area contributed by atoms with Gasteiger partial charge >= 0.3 is 0 Å². The van der Waals surface area contributed by atoms with Crippen LogP contribution in [0.3, 0.4) is 0 Å². The lowest BCUT2D eigenvalue weighted by Crippen LogP contribution is -2.22. The molecule has 0 amide bonds. The molecule has 2 heteroatoms. The zero-order valence-corrected chi connectivity index (χ0v) is 12.4. The smallest absolute Gasteiger partial charge is 0.165 e. The van der Waals surface area contributed by atoms with Gasteiger partial charge in [0.2, 0.25) is 0 Å². The van der Waals surface area contributed by atoms with E-state index in [9.17, 15) is 4.79 Å². The van der Waals surface area contributed by atoms with E-state index in [2.05, 4.69) is 45.0 Å². The van der Waals surface area contributed by atoms with Gasteiger partial charge in [0, 0.05) is 6.42 Å². The molecule has 0 N–H and O–H groups in total. The van der Waals surface area contributed by atoms with Crippen molar-refractivity contribution in [2.75, 3.05) is 0 Å². The molecule has 1 aromatic rings. The summed E-state index contributed by atoms with van der Waals surface area (Å²) in [4.78, 5) is 12.1. The maximum Gasteiger partial charge on any atom is 0.165 e. The van der Waals surface area contributed by atoms with Gasteiger partial charge in [-0.3, -0.25) is 4.79 Å². The van der Waals surface area contributed by atoms with Crippen molar-refractivity contribution in [2.45, 2.75) is 64.6 Å². The highest BCUT2D eigenvalue weighted by atomic mass is 16.5. The van der Waals surface area contributed by atoms with Crippen molar-refractivity contribution in [2.24, 2.45) is 0 Å². The summed E-state index contributed by atoms with van der Waals surface area (Å²) in [7, 11) is 0. The highest BCUT2D eigenvalue weighted by Crippen LogP contribution is 2.24. The Kier molecular flexibility index (Phi) is 4.10. The van der Waals surface area contributed by atoms with Crippen LogP contribution in [0.25, 0.3) is 0 Å². The second-order valence-electron chi connectivity index (χ2n) is 6.60. The zero-order chi connectivity index (χ0) is 14.0. The number of carbonyl (C=O) groups excluding carboxylic acids is 1. The van der Waals surface area contributed by atoms with Crippen molar-refractivity contribution >= 4 is 5.78 Å². The minimum absolute atomic E-state index is 0.159. The minimum Gasteiger partial charge on any atom is -0.367 e. The second-order valence-corrected chi connectivity index (χ2v) is 6.60. The summed E-state index contributed by atoms with van der Waals surface area (Å²) >= 11 is 0. The van der Waals surface area contributed by atoms with Gasteiger partial charge in [0.1, 0.15) is 6.10 Å². The number of Topliss-reactive ketones (excluding diaryl/α,β-unsaturated/α-hetero) is 1. The van der Waals surface area contributed by atoms with Crippen LogP contribution in [0.2, 0.25) is 0 Å². The summed E-state index contributed by atoms with van der Waals surface area (Å²) in [5.41, 5.74) is 2.54. The number of rotatable bonds is 3. The molecule has 2 rings (SSSR count). The molecule has 0 spiro atoms. The highest BCUT2D eigenvalue weighted by Gasteiger charge is 2.27. The molecule has 104 valence electrons. The van der Waals surface area contributed by atoms with E-state index in [1.54, 1.807) is 0 Å². The number of ketones is 1. The van der Waals surface area contributed by atoms with Gasteiger partial charge in [-0.2, -0.15) is 0 Å². The first-order valence-corrected chi connectivity index (χ1v) is 7.14. The number of hydrogen-bond acceptors (Lipinski definition) is 2. The molecule has 0 bridgehead atoms. The first kappa shape index (κ1) is 14.3. The molecule has 19 heavy (non-hydrogen) atoms. The van der Waals surface area contributed by atoms with Gasteiger partial charge in [0.05, 0.1) is 6.10 Å². The second kappa shape index (κ2) is 5.46. The number of carbonyl (C=O) groups is 1. The number of hydrogen-bond donors (Lipinski definition) is 0. The maximum atomic E-state index is 12.1. The number of ether oxygens (including phenoxy) is 1. The monoisotopic (exact) mass is 260 g/mol. The third-order valence-electron chi connectivity index (χ3n) is 3.79. The molecule has 0 saturated carbocycles. The van der Waals surface area contributed by atoms with Gasteiger partial charge < -0.3 is 4.74 Å². The van der Waals surface area contributed by atoms with E-state index < -0.39 is 0 Å². The lowest BCUT2D eigenvalue weighted by atomic mass is 9.86. The summed E-state index contributed by atoms with van der Waals surface area (Å²) in [6, 6.07) is 8.38. The van der Waals surface area contributed by atoms with Gasteiger partial charge in [-0.15, -0.1) is 0 Å². The maximum absolute atomic E-state index is 12.1. The zero-order valence-electron chi connectivity index (χ0n) is 12.4. The average Bonchev–Trinajstić information content (AvgIpc) is 2.75. The lowest BCUT2D eigenvalue weighted by Gasteiger charge is -2.19. The Hall–Kier alpha value is -1.15. The molecule has 2 unspecified atom stereocenters. The van der Waals surface area contributed by atoms with Crippen LogP contribution in [-0.2, 0) is 21.4 Å². The quantitative estimate of drug-likeness (QED) is 0.829. The Bertz CT molecular complexity index is 439. The van der Waals surface area contributed by atoms with Crippen LogP contribution in [0.1, 0.15) is 51.7 Å². The van der Waals surface area contributed by atoms with Gasteiger partial charge in [-0.05, 0) is 36.3 Å². The molecule has 2 nitrogen and oxygen atoms in total. The summed E-state index contributed by atoms with van der Waals surface area (Å²) in [6.07, 6.45) is 2.41. The number of benzene rings is 1. The van der Waals surface area contributed by atoms with E-state index >= 15 is 0 Å². The van der Waals surface area contributed by atoms with E-state index in [-0.39, 0.29) is 23.4 Å². The Morgan fingerprint density at radius 2 is 1.84 bits per heavy atom. The molecule has 1 aliphatic heterocycles. The molecule has 0 aliphatic carbocycles. The van der Waals surface area contributed by atoms with E-state index in [1.165, 1.54) is 5.56 Å². The molecule has 1 aliphatic rings. The topological polar surface area (TPSA) is 26.3 Å². The highest BCUT2D eigenvalue weighted by molar-refractivity contribution is 5.85. The van der Waals surface area contributed by atoms with Crippen molar-refractivity contribution in [3.8, 4) is 0 Å². The predicted octanol–water partition coefficient (Wildman–Crippen LogP) is 3.66. The predicted molar refractivity (Wildman–Crippen MR) is 77.4 cm³/mol. The molecular weight excluding hydrogens is 236 g/mol. The fourth-order valence-corrected chi connectivity index (χ4v) is 2.48. The largest absolute Gasteiger partial charge is 0.367 e. The normalized spacial score (nSPS) is 23.6. The molecular formula is C17H24O2. The lowest BCUT2D eigenvalue weighted by molar-refractivity contribution is -0.128. The molecule has 1 heterocycles. The van der Waals surface area contributed by atoms with Crippen LogP contribution in [0.5, 0.6) is 0 Å². The Labute approximate surface area is 116 Å². The van der Waals surface area contributed by atoms with Crippen LogP contribution in [0, 0.1) is 0 Å². The fourth-order valence-electron chi connectivity index (χ4n) is 2.48. The minimum atomic E-state index is -0.183. The molecule has 1 saturated heterocycles. The van der Waals surface area contributed by atoms with Gasteiger partial charge in [-0.1, -0.05) is 45.0 Å². The summed E-state index contributed by atoms with van der Waals surface area (Å²) < 4.78 is 5.62. The first-order chi connectivity index (χ1) is 8.86. The van der Waals surface area contributed by atoms with Crippen LogP contribution in [-0.4, -0.2) is 18.0 Å². The summed E-state index contributed by atoms with van der Waals surface area (Å²) in [5, 5.41) is 0. The van der Waals surface area contributed by atoms with E-state index in [0.29, 0.717) is 6.42 Å². The average molecular weight is 260 g/mol. The summed E-state index contributed by atoms with van der Waals surface area (Å²) in [6.45, 7) is 8.62. The molecule has 0 radical (unpaired) electrons. The first-order valence-electron chi connectivity index (χ1n) is 7.14. The van der Waals surface area contributed by atoms with Gasteiger partial charge in [0.15, 0.2) is 5.78 Å². The Morgan fingerprint density at radius 1 is 1.21 bits per heavy atom. The van der Waals surface area contributed by atoms with E-state index in [4.69, 9.17) is 4.74 Å². The van der Waals surface area contributed by atoms with E-state index in [1.807, 2.05) is 6.92 Å². The van der Waals surface area contributed by atoms with Gasteiger partial charge in [-0.25, -0.2) is 0 Å². The van der Waals surface area contributed by atoms with Crippen molar-refractivity contribution < 1.29 is 9.53 Å². The van der Waals surface area contributed by atoms with Crippen LogP contribution in [0.15, 0.2) is 24.3 Å². The molecule has 0 aromatic heterocycles. The van der Waals surface area contributed by atoms with Crippen molar-refractivity contribution in [3.05, 3.63) is 35.4 Å². The standard InChI is InChI=1S/C17H24O2/c1-12-5-10-16(19-12)15(18)11-13-6-8-14(9-7-13)17(2,3)4/h6-9,12,16H,5,10-11H2,1-4H3. The van der Waals surface area contributed by atoms with Crippen LogP contribution in [0.4, 0.5) is 0 Å². The van der Waals surface area contributed by atoms with E-state index in [0.717, 1.165) is 18.4 Å². The summed E-state index contributed by atoms with van der Waals surface area (Å²) in [5.74, 6) is 0.216. The van der Waals surface area contributed by atoms with Crippen molar-refractivity contribution in [3.63, 3.8) is 0 Å². The SMILES string of the molecule is CC1CCC(C(=O)Cc2ccc(C(C)(C)C)cc2)O1. The molecule has 1 aromatic carbocycles. The third kappa shape index (κ3) is 3.66. The molecule has 2 atom stereocenters. The van der Waals surface area contributed by atoms with Crippen LogP contribution < -0.4 is 0 Å². The van der Waals surface area contributed by atoms with Gasteiger partial charge in [0.25, 0.3) is 0 Å². The van der Waals surface area contributed by atoms with Crippen LogP contribution >= 0.6 is 0 Å². The third-order valence-corrected chi connectivity index (χ3v) is 3.79. The van der Waals surface area contributed by atoms with Crippen molar-refractivity contribution in [1.29, 1.82) is 0 Å². The Balaban J connectivity index is 1.98. The van der Waals surface area contributed by atoms with Crippen molar-refractivity contribution in [1.82, 2.24) is 0 Å².